The summed E-state index contributed by atoms with van der Waals surface area (Å²) in [6.07, 6.45) is 0.748. The zero-order valence-electron chi connectivity index (χ0n) is 20.0. The summed E-state index contributed by atoms with van der Waals surface area (Å²) in [4.78, 5) is 18.4. The number of morpholine rings is 1. The normalized spacial score (nSPS) is 16.6. The van der Waals surface area contributed by atoms with E-state index in [0.717, 1.165) is 6.26 Å². The number of hydrogen-bond donors (Lipinski definition) is 1. The number of tetrazole rings is 1. The maximum absolute atomic E-state index is 13.6. The molecule has 14 heteroatoms. The Bertz CT molecular complexity index is 1360. The minimum Gasteiger partial charge on any atom is -0.494 e. The van der Waals surface area contributed by atoms with Crippen molar-refractivity contribution >= 4 is 15.9 Å². The van der Waals surface area contributed by atoms with Gasteiger partial charge in [-0.15, -0.1) is 10.2 Å². The van der Waals surface area contributed by atoms with E-state index < -0.39 is 27.9 Å². The second-order valence-electron chi connectivity index (χ2n) is 8.32. The number of aromatic nitrogens is 5. The zero-order valence-corrected chi connectivity index (χ0v) is 20.8. The molecule has 1 saturated heterocycles. The molecule has 12 nitrogen and oxygen atoms in total. The zero-order chi connectivity index (χ0) is 25.9. The highest BCUT2D eigenvalue weighted by Gasteiger charge is 2.27. The van der Waals surface area contributed by atoms with Crippen molar-refractivity contribution in [2.75, 3.05) is 33.1 Å². The SMILES string of the molecule is COc1cc(CNC(=O)c2cc(-c3nnn(C[C@@H]4CN(S(C)(=O)=O)CCO4)n3)cc(C)n2)ccc1F. The largest absolute Gasteiger partial charge is 0.494 e. The number of aryl methyl sites for hydroxylation is 1. The molecule has 1 fully saturated rings. The fraction of sp³-hybridized carbons (Fsp3) is 0.409. The van der Waals surface area contributed by atoms with Gasteiger partial charge in [-0.2, -0.15) is 9.10 Å². The fourth-order valence-corrected chi connectivity index (χ4v) is 4.57. The van der Waals surface area contributed by atoms with Gasteiger partial charge in [0, 0.05) is 30.9 Å². The average molecular weight is 520 g/mol. The van der Waals surface area contributed by atoms with Gasteiger partial charge in [0.15, 0.2) is 11.6 Å². The molecule has 0 radical (unpaired) electrons. The highest BCUT2D eigenvalue weighted by Crippen LogP contribution is 2.19. The number of nitrogens with one attached hydrogen (secondary N) is 1. The van der Waals surface area contributed by atoms with Gasteiger partial charge < -0.3 is 14.8 Å². The van der Waals surface area contributed by atoms with Crippen LogP contribution in [0.4, 0.5) is 4.39 Å². The molecule has 192 valence electrons. The van der Waals surface area contributed by atoms with E-state index in [1.807, 2.05) is 0 Å². The second-order valence-corrected chi connectivity index (χ2v) is 10.3. The third-order valence-corrected chi connectivity index (χ3v) is 6.77. The molecule has 1 aliphatic rings. The van der Waals surface area contributed by atoms with Gasteiger partial charge in [-0.25, -0.2) is 17.8 Å². The number of nitrogens with zero attached hydrogens (tertiary/aromatic N) is 6. The van der Waals surface area contributed by atoms with Crippen LogP contribution in [0, 0.1) is 12.7 Å². The van der Waals surface area contributed by atoms with Crippen molar-refractivity contribution in [2.24, 2.45) is 0 Å². The van der Waals surface area contributed by atoms with Crippen LogP contribution in [0.1, 0.15) is 21.7 Å². The summed E-state index contributed by atoms with van der Waals surface area (Å²) in [5, 5.41) is 15.2. The highest BCUT2D eigenvalue weighted by molar-refractivity contribution is 7.88. The van der Waals surface area contributed by atoms with E-state index in [-0.39, 0.29) is 43.5 Å². The Balaban J connectivity index is 1.44. The summed E-state index contributed by atoms with van der Waals surface area (Å²) < 4.78 is 49.2. The van der Waals surface area contributed by atoms with E-state index in [9.17, 15) is 17.6 Å². The number of carbonyl (C=O) groups excluding carboxylic acids is 1. The summed E-state index contributed by atoms with van der Waals surface area (Å²) in [6, 6.07) is 7.62. The van der Waals surface area contributed by atoms with E-state index in [2.05, 4.69) is 25.7 Å². The Hall–Kier alpha value is -3.49. The average Bonchev–Trinajstić information content (AvgIpc) is 3.31. The number of benzene rings is 1. The van der Waals surface area contributed by atoms with Crippen molar-refractivity contribution in [2.45, 2.75) is 26.1 Å². The number of carbonyl (C=O) groups is 1. The van der Waals surface area contributed by atoms with Crippen molar-refractivity contribution in [3.8, 4) is 17.1 Å². The number of pyridine rings is 1. The van der Waals surface area contributed by atoms with Crippen molar-refractivity contribution in [1.29, 1.82) is 0 Å². The molecule has 36 heavy (non-hydrogen) atoms. The summed E-state index contributed by atoms with van der Waals surface area (Å²) >= 11 is 0. The molecule has 0 unspecified atom stereocenters. The maximum atomic E-state index is 13.6. The lowest BCUT2D eigenvalue weighted by molar-refractivity contribution is -0.0141. The van der Waals surface area contributed by atoms with Crippen LogP contribution >= 0.6 is 0 Å². The van der Waals surface area contributed by atoms with Crippen LogP contribution < -0.4 is 10.1 Å². The van der Waals surface area contributed by atoms with Crippen molar-refractivity contribution in [1.82, 2.24) is 34.8 Å². The van der Waals surface area contributed by atoms with Crippen LogP contribution in [-0.2, 0) is 27.8 Å². The highest BCUT2D eigenvalue weighted by atomic mass is 32.2. The summed E-state index contributed by atoms with van der Waals surface area (Å²) in [6.45, 7) is 2.91. The molecule has 0 aliphatic carbocycles. The Morgan fingerprint density at radius 3 is 2.86 bits per heavy atom. The Labute approximate surface area is 207 Å². The minimum atomic E-state index is -3.31. The number of ether oxygens (including phenoxy) is 2. The maximum Gasteiger partial charge on any atom is 0.270 e. The third-order valence-electron chi connectivity index (χ3n) is 5.50. The van der Waals surface area contributed by atoms with Gasteiger partial charge in [0.2, 0.25) is 15.8 Å². The summed E-state index contributed by atoms with van der Waals surface area (Å²) in [7, 11) is -1.94. The number of amides is 1. The first-order chi connectivity index (χ1) is 17.1. The Morgan fingerprint density at radius 1 is 1.31 bits per heavy atom. The predicted molar refractivity (Wildman–Crippen MR) is 126 cm³/mol. The van der Waals surface area contributed by atoms with Gasteiger partial charge in [0.1, 0.15) is 5.69 Å². The van der Waals surface area contributed by atoms with Crippen molar-refractivity contribution < 1.29 is 27.1 Å². The van der Waals surface area contributed by atoms with Crippen molar-refractivity contribution in [3.63, 3.8) is 0 Å². The van der Waals surface area contributed by atoms with Crippen LogP contribution in [-0.4, -0.2) is 83.0 Å². The number of hydrogen-bond acceptors (Lipinski definition) is 9. The lowest BCUT2D eigenvalue weighted by atomic mass is 10.1. The third kappa shape index (κ3) is 6.19. The number of halogens is 1. The molecule has 2 aromatic heterocycles. The van der Waals surface area contributed by atoms with Gasteiger partial charge in [0.25, 0.3) is 5.91 Å². The fourth-order valence-electron chi connectivity index (χ4n) is 3.72. The molecular formula is C22H26FN7O5S. The van der Waals surface area contributed by atoms with Crippen LogP contribution in [0.3, 0.4) is 0 Å². The number of methoxy groups -OCH3 is 1. The molecule has 0 saturated carbocycles. The first-order valence-corrected chi connectivity index (χ1v) is 12.9. The molecule has 1 aliphatic heterocycles. The summed E-state index contributed by atoms with van der Waals surface area (Å²) in [5.74, 6) is -0.531. The van der Waals surface area contributed by atoms with Crippen LogP contribution in [0.15, 0.2) is 30.3 Å². The molecule has 3 heterocycles. The lowest BCUT2D eigenvalue weighted by Gasteiger charge is -2.30. The molecule has 0 spiro atoms. The number of sulfonamides is 1. The molecule has 1 N–H and O–H groups in total. The molecule has 1 aromatic carbocycles. The Morgan fingerprint density at radius 2 is 2.11 bits per heavy atom. The molecule has 1 amide bonds. The second kappa shape index (κ2) is 10.6. The van der Waals surface area contributed by atoms with Gasteiger partial charge in [-0.3, -0.25) is 4.79 Å². The van der Waals surface area contributed by atoms with E-state index in [1.165, 1.54) is 28.3 Å². The predicted octanol–water partition coefficient (Wildman–Crippen LogP) is 0.782. The van der Waals surface area contributed by atoms with E-state index >= 15 is 0 Å². The number of rotatable bonds is 8. The van der Waals surface area contributed by atoms with Gasteiger partial charge in [-0.1, -0.05) is 6.07 Å². The topological polar surface area (TPSA) is 141 Å². The smallest absolute Gasteiger partial charge is 0.270 e. The molecular weight excluding hydrogens is 493 g/mol. The van der Waals surface area contributed by atoms with E-state index in [1.54, 1.807) is 25.1 Å². The van der Waals surface area contributed by atoms with Crippen LogP contribution in [0.5, 0.6) is 5.75 Å². The van der Waals surface area contributed by atoms with Crippen LogP contribution in [0.2, 0.25) is 0 Å². The van der Waals surface area contributed by atoms with Gasteiger partial charge in [-0.05, 0) is 42.0 Å². The monoisotopic (exact) mass is 519 g/mol. The van der Waals surface area contributed by atoms with Gasteiger partial charge >= 0.3 is 0 Å². The lowest BCUT2D eigenvalue weighted by Crippen LogP contribution is -2.46. The molecule has 0 bridgehead atoms. The van der Waals surface area contributed by atoms with Crippen LogP contribution in [0.25, 0.3) is 11.4 Å². The summed E-state index contributed by atoms with van der Waals surface area (Å²) in [5.41, 5.74) is 1.95. The quantitative estimate of drug-likeness (QED) is 0.457. The molecule has 4 rings (SSSR count). The minimum absolute atomic E-state index is 0.0922. The van der Waals surface area contributed by atoms with Gasteiger partial charge in [0.05, 0.1) is 32.6 Å². The first kappa shape index (κ1) is 25.6. The van der Waals surface area contributed by atoms with Crippen molar-refractivity contribution in [3.05, 3.63) is 53.1 Å². The first-order valence-electron chi connectivity index (χ1n) is 11.1. The molecule has 1 atom stereocenters. The van der Waals surface area contributed by atoms with E-state index in [4.69, 9.17) is 9.47 Å². The molecule has 3 aromatic rings. The Kier molecular flexibility index (Phi) is 7.56. The standard InChI is InChI=1S/C22H26FN7O5S/c1-14-8-16(10-19(25-14)22(31)24-11-15-4-5-18(23)20(9-15)34-2)21-26-28-30(27-21)13-17-12-29(6-7-35-17)36(3,32)33/h4-5,8-10,17H,6-7,11-13H2,1-3H3,(H,24,31)/t17-/m0/s1. The van der Waals surface area contributed by atoms with E-state index in [0.29, 0.717) is 23.4 Å².